The van der Waals surface area contributed by atoms with Gasteiger partial charge < -0.3 is 24.0 Å². The smallest absolute Gasteiger partial charge is 0.177 e. The number of benzene rings is 1. The molecule has 4 aromatic rings. The van der Waals surface area contributed by atoms with Crippen LogP contribution in [0.25, 0.3) is 57.5 Å². The molecule has 2 aliphatic heterocycles. The van der Waals surface area contributed by atoms with Crippen LogP contribution in [0.1, 0.15) is 22.8 Å². The van der Waals surface area contributed by atoms with Crippen LogP contribution in [0.3, 0.4) is 0 Å². The number of methoxy groups -OCH3 is 3. The fourth-order valence-electron chi connectivity index (χ4n) is 4.89. The normalized spacial score (nSPS) is 11.7. The first-order chi connectivity index (χ1) is 18.6. The zero-order valence-electron chi connectivity index (χ0n) is 21.9. The average molecular weight is 543 g/mol. The number of halogens is 1. The third-order valence-electron chi connectivity index (χ3n) is 6.49. The topological polar surface area (TPSA) is 83.4 Å². The van der Waals surface area contributed by atoms with Gasteiger partial charge in [0.25, 0.3) is 0 Å². The molecule has 0 aliphatic carbocycles. The van der Waals surface area contributed by atoms with E-state index in [1.54, 1.807) is 33.2 Å². The Bertz CT molecular complexity index is 1770. The van der Waals surface area contributed by atoms with Gasteiger partial charge in [-0.2, -0.15) is 4.73 Å². The molecule has 9 heteroatoms. The molecule has 0 amide bonds. The van der Waals surface area contributed by atoms with E-state index in [1.807, 2.05) is 78.9 Å². The fourth-order valence-corrected chi connectivity index (χ4v) is 4.89. The Balaban J connectivity index is 0.00000308. The van der Waals surface area contributed by atoms with Crippen molar-refractivity contribution in [3.8, 4) is 28.4 Å². The van der Waals surface area contributed by atoms with Crippen molar-refractivity contribution >= 4 is 58.8 Å². The van der Waals surface area contributed by atoms with Crippen LogP contribution in [0.4, 0.5) is 0 Å². The fraction of sp³-hybridized carbons (Fsp3) is 0.133. The maximum absolute atomic E-state index is 6.06. The highest BCUT2D eigenvalue weighted by atomic mass is 35.5. The predicted octanol–water partition coefficient (Wildman–Crippen LogP) is 6.30. The monoisotopic (exact) mass is 542 g/mol. The summed E-state index contributed by atoms with van der Waals surface area (Å²) in [6.07, 6.45) is 7.87. The number of fused-ring (bicyclic) bond motifs is 8. The highest BCUT2D eigenvalue weighted by molar-refractivity contribution is 5.99. The van der Waals surface area contributed by atoms with E-state index in [2.05, 4.69) is 4.98 Å². The van der Waals surface area contributed by atoms with Gasteiger partial charge in [-0.3, -0.25) is 0 Å². The number of nitrogens with zero attached hydrogens (tertiary/aromatic N) is 3. The lowest BCUT2D eigenvalue weighted by Crippen LogP contribution is -2.06. The van der Waals surface area contributed by atoms with Gasteiger partial charge in [0, 0.05) is 11.6 Å². The van der Waals surface area contributed by atoms with Crippen LogP contribution in [0.5, 0.6) is 17.2 Å². The highest BCUT2D eigenvalue weighted by Gasteiger charge is 2.25. The lowest BCUT2D eigenvalue weighted by molar-refractivity contribution is 0.187. The molecule has 8 nitrogen and oxygen atoms in total. The molecule has 0 saturated heterocycles. The van der Waals surface area contributed by atoms with Crippen molar-refractivity contribution in [2.75, 3.05) is 28.4 Å². The second-order valence-corrected chi connectivity index (χ2v) is 8.71. The maximum Gasteiger partial charge on any atom is 0.177 e. The third-order valence-corrected chi connectivity index (χ3v) is 6.49. The number of ether oxygens (including phenoxy) is 3. The Morgan fingerprint density at radius 1 is 0.692 bits per heavy atom. The van der Waals surface area contributed by atoms with Crippen LogP contribution in [0.2, 0.25) is 0 Å². The van der Waals surface area contributed by atoms with Crippen LogP contribution in [0, 0.1) is 0 Å². The lowest BCUT2D eigenvalue weighted by atomic mass is 10.1. The zero-order valence-corrected chi connectivity index (χ0v) is 22.7. The Morgan fingerprint density at radius 3 is 1.90 bits per heavy atom. The second kappa shape index (κ2) is 10.6. The highest BCUT2D eigenvalue weighted by Crippen LogP contribution is 2.45. The van der Waals surface area contributed by atoms with Crippen molar-refractivity contribution in [1.82, 2.24) is 19.7 Å². The Kier molecular flexibility index (Phi) is 7.04. The molecule has 2 aliphatic rings. The van der Waals surface area contributed by atoms with Crippen LogP contribution in [0.15, 0.2) is 54.6 Å². The Morgan fingerprint density at radius 2 is 1.31 bits per heavy atom. The molecule has 39 heavy (non-hydrogen) atoms. The van der Waals surface area contributed by atoms with Gasteiger partial charge in [-0.25, -0.2) is 9.97 Å². The van der Waals surface area contributed by atoms with Gasteiger partial charge in [-0.05, 0) is 48.1 Å². The van der Waals surface area contributed by atoms with Gasteiger partial charge in [-0.1, -0.05) is 30.3 Å². The SMILES string of the molecule is COc1cc2cc3nc(cc4nc(cc5c(-c6ccccc6)c(OC)c(c(OC)c1[nH]2)n5OC)C=C4)C=C3.Cl. The third kappa shape index (κ3) is 4.49. The Hall–Kier alpha value is -4.69. The van der Waals surface area contributed by atoms with Crippen molar-refractivity contribution in [3.05, 3.63) is 77.4 Å². The lowest BCUT2D eigenvalue weighted by Gasteiger charge is -2.09. The molecule has 8 bridgehead atoms. The van der Waals surface area contributed by atoms with E-state index < -0.39 is 0 Å². The summed E-state index contributed by atoms with van der Waals surface area (Å²) in [5.41, 5.74) is 7.80. The standard InChI is InChI=1S/C30H26N4O4.ClH/c1-35-25-17-23-15-21-11-10-19(31-21)14-20-12-13-22(32-20)16-24-26(18-8-6-5-7-9-18)29(36-2)28(34(24)38-4)30(37-3)27(25)33-23;/h5-17,33H,1-4H3;1H. The molecule has 0 fully saturated rings. The largest absolute Gasteiger partial charge is 0.494 e. The van der Waals surface area contributed by atoms with Gasteiger partial charge in [-0.15, -0.1) is 12.4 Å². The molecule has 0 spiro atoms. The first kappa shape index (κ1) is 25.9. The molecule has 0 saturated carbocycles. The van der Waals surface area contributed by atoms with E-state index >= 15 is 0 Å². The van der Waals surface area contributed by atoms with Gasteiger partial charge >= 0.3 is 0 Å². The molecular weight excluding hydrogens is 516 g/mol. The number of rotatable bonds is 5. The number of aromatic amines is 1. The van der Waals surface area contributed by atoms with Gasteiger partial charge in [0.1, 0.15) is 18.4 Å². The van der Waals surface area contributed by atoms with E-state index in [9.17, 15) is 0 Å². The second-order valence-electron chi connectivity index (χ2n) is 8.71. The summed E-state index contributed by atoms with van der Waals surface area (Å²) in [6.45, 7) is 0. The summed E-state index contributed by atoms with van der Waals surface area (Å²) in [4.78, 5) is 19.0. The van der Waals surface area contributed by atoms with E-state index in [0.717, 1.165) is 44.9 Å². The number of aromatic nitrogens is 4. The number of H-pyrrole nitrogens is 1. The summed E-state index contributed by atoms with van der Waals surface area (Å²) in [5, 5.41) is 0. The van der Waals surface area contributed by atoms with Crippen molar-refractivity contribution in [1.29, 1.82) is 0 Å². The minimum atomic E-state index is 0. The van der Waals surface area contributed by atoms with Crippen molar-refractivity contribution in [3.63, 3.8) is 0 Å². The van der Waals surface area contributed by atoms with E-state index in [1.165, 1.54) is 0 Å². The van der Waals surface area contributed by atoms with Crippen LogP contribution in [-0.2, 0) is 0 Å². The first-order valence-corrected chi connectivity index (χ1v) is 12.1. The molecule has 0 atom stereocenters. The summed E-state index contributed by atoms with van der Waals surface area (Å²) < 4.78 is 19.5. The van der Waals surface area contributed by atoms with E-state index in [-0.39, 0.29) is 12.4 Å². The predicted molar refractivity (Wildman–Crippen MR) is 157 cm³/mol. The van der Waals surface area contributed by atoms with Crippen molar-refractivity contribution < 1.29 is 19.0 Å². The molecule has 5 heterocycles. The average Bonchev–Trinajstić information content (AvgIpc) is 3.72. The summed E-state index contributed by atoms with van der Waals surface area (Å²) in [7, 11) is 6.49. The molecule has 198 valence electrons. The summed E-state index contributed by atoms with van der Waals surface area (Å²) in [5.74, 6) is 1.69. The molecule has 0 unspecified atom stereocenters. The van der Waals surface area contributed by atoms with Gasteiger partial charge in [0.05, 0.1) is 55.2 Å². The van der Waals surface area contributed by atoms with E-state index in [4.69, 9.17) is 29.0 Å². The quantitative estimate of drug-likeness (QED) is 0.275. The zero-order chi connectivity index (χ0) is 26.2. The van der Waals surface area contributed by atoms with Gasteiger partial charge in [0.2, 0.25) is 0 Å². The molecule has 3 aromatic heterocycles. The van der Waals surface area contributed by atoms with Crippen LogP contribution in [-0.4, -0.2) is 48.1 Å². The maximum atomic E-state index is 6.06. The summed E-state index contributed by atoms with van der Waals surface area (Å²) >= 11 is 0. The molecular formula is C30H27ClN4O4. The molecule has 1 N–H and O–H groups in total. The number of hydrogen-bond acceptors (Lipinski definition) is 6. The summed E-state index contributed by atoms with van der Waals surface area (Å²) in [6, 6.07) is 17.8. The molecule has 0 radical (unpaired) electrons. The van der Waals surface area contributed by atoms with Crippen molar-refractivity contribution in [2.24, 2.45) is 0 Å². The minimum absolute atomic E-state index is 0. The number of nitrogens with one attached hydrogen (secondary N) is 1. The van der Waals surface area contributed by atoms with E-state index in [0.29, 0.717) is 28.3 Å². The van der Waals surface area contributed by atoms with Gasteiger partial charge in [0.15, 0.2) is 17.0 Å². The van der Waals surface area contributed by atoms with Crippen molar-refractivity contribution in [2.45, 2.75) is 0 Å². The number of hydrogen-bond donors (Lipinski definition) is 1. The molecule has 1 aromatic carbocycles. The minimum Gasteiger partial charge on any atom is -0.494 e. The molecule has 6 rings (SSSR count). The Labute approximate surface area is 231 Å². The first-order valence-electron chi connectivity index (χ1n) is 12.1. The van der Waals surface area contributed by atoms with Crippen LogP contribution >= 0.6 is 12.4 Å². The van der Waals surface area contributed by atoms with Crippen LogP contribution < -0.4 is 19.0 Å².